The molecule has 0 aliphatic heterocycles. The van der Waals surface area contributed by atoms with Crippen molar-refractivity contribution in [3.63, 3.8) is 0 Å². The monoisotopic (exact) mass is 235 g/mol. The second-order valence-corrected chi connectivity index (χ2v) is 4.43. The number of ether oxygens (including phenoxy) is 1. The van der Waals surface area contributed by atoms with Gasteiger partial charge in [-0.15, -0.1) is 0 Å². The molecule has 1 fully saturated rings. The first kappa shape index (κ1) is 11.9. The molecule has 4 heteroatoms. The SMILES string of the molecule is CN(C(=O)OCc1ccccc1)C1CC(O)C1. The molecule has 0 aromatic heterocycles. The van der Waals surface area contributed by atoms with Crippen LogP contribution in [0.5, 0.6) is 0 Å². The number of nitrogens with zero attached hydrogens (tertiary/aromatic N) is 1. The Labute approximate surface area is 101 Å². The number of hydrogen-bond acceptors (Lipinski definition) is 3. The lowest BCUT2D eigenvalue weighted by Gasteiger charge is -2.37. The number of aliphatic hydroxyl groups is 1. The minimum Gasteiger partial charge on any atom is -0.445 e. The number of hydrogen-bond donors (Lipinski definition) is 1. The van der Waals surface area contributed by atoms with E-state index in [2.05, 4.69) is 0 Å². The van der Waals surface area contributed by atoms with Gasteiger partial charge in [0.2, 0.25) is 0 Å². The van der Waals surface area contributed by atoms with Crippen molar-refractivity contribution in [3.8, 4) is 0 Å². The lowest BCUT2D eigenvalue weighted by Crippen LogP contribution is -2.47. The first-order valence-corrected chi connectivity index (χ1v) is 5.78. The summed E-state index contributed by atoms with van der Waals surface area (Å²) in [5, 5.41) is 9.18. The molecule has 0 bridgehead atoms. The van der Waals surface area contributed by atoms with Gasteiger partial charge in [0.25, 0.3) is 0 Å². The van der Waals surface area contributed by atoms with Crippen LogP contribution in [0.1, 0.15) is 18.4 Å². The van der Waals surface area contributed by atoms with E-state index in [0.717, 1.165) is 5.56 Å². The number of carbonyl (C=O) groups excluding carboxylic acids is 1. The van der Waals surface area contributed by atoms with E-state index in [-0.39, 0.29) is 18.2 Å². The van der Waals surface area contributed by atoms with E-state index in [0.29, 0.717) is 19.4 Å². The van der Waals surface area contributed by atoms with Crippen LogP contribution < -0.4 is 0 Å². The largest absolute Gasteiger partial charge is 0.445 e. The molecular formula is C13H17NO3. The predicted octanol–water partition coefficient (Wildman–Crippen LogP) is 1.78. The standard InChI is InChI=1S/C13H17NO3/c1-14(11-7-12(15)8-11)13(16)17-9-10-5-3-2-4-6-10/h2-6,11-12,15H,7-9H2,1H3. The van der Waals surface area contributed by atoms with E-state index < -0.39 is 0 Å². The van der Waals surface area contributed by atoms with Crippen molar-refractivity contribution in [2.45, 2.75) is 31.6 Å². The van der Waals surface area contributed by atoms with Crippen LogP contribution in [-0.4, -0.2) is 35.3 Å². The molecule has 0 spiro atoms. The molecule has 0 atom stereocenters. The maximum absolute atomic E-state index is 11.7. The first-order valence-electron chi connectivity index (χ1n) is 5.78. The molecule has 1 aromatic carbocycles. The van der Waals surface area contributed by atoms with Gasteiger partial charge in [-0.25, -0.2) is 4.79 Å². The smallest absolute Gasteiger partial charge is 0.410 e. The van der Waals surface area contributed by atoms with Crippen molar-refractivity contribution in [2.24, 2.45) is 0 Å². The molecule has 0 saturated heterocycles. The fraction of sp³-hybridized carbons (Fsp3) is 0.462. The highest BCUT2D eigenvalue weighted by molar-refractivity contribution is 5.67. The van der Waals surface area contributed by atoms with E-state index in [1.807, 2.05) is 30.3 Å². The fourth-order valence-electron chi connectivity index (χ4n) is 1.85. The number of rotatable bonds is 3. The maximum atomic E-state index is 11.7. The van der Waals surface area contributed by atoms with Crippen LogP contribution in [0.4, 0.5) is 4.79 Å². The average Bonchev–Trinajstić information content (AvgIpc) is 2.32. The van der Waals surface area contributed by atoms with E-state index in [9.17, 15) is 9.90 Å². The lowest BCUT2D eigenvalue weighted by atomic mass is 9.89. The third-order valence-electron chi connectivity index (χ3n) is 3.13. The van der Waals surface area contributed by atoms with Crippen molar-refractivity contribution < 1.29 is 14.6 Å². The van der Waals surface area contributed by atoms with Crippen molar-refractivity contribution in [1.82, 2.24) is 4.90 Å². The van der Waals surface area contributed by atoms with Crippen molar-refractivity contribution in [2.75, 3.05) is 7.05 Å². The van der Waals surface area contributed by atoms with Gasteiger partial charge < -0.3 is 14.7 Å². The Hall–Kier alpha value is -1.55. The highest BCUT2D eigenvalue weighted by Crippen LogP contribution is 2.24. The molecule has 0 heterocycles. The Kier molecular flexibility index (Phi) is 3.64. The summed E-state index contributed by atoms with van der Waals surface area (Å²) in [6.07, 6.45) is 0.712. The average molecular weight is 235 g/mol. The molecule has 1 aromatic rings. The highest BCUT2D eigenvalue weighted by Gasteiger charge is 2.33. The zero-order valence-corrected chi connectivity index (χ0v) is 9.87. The molecule has 17 heavy (non-hydrogen) atoms. The van der Waals surface area contributed by atoms with Crippen LogP contribution >= 0.6 is 0 Å². The van der Waals surface area contributed by atoms with Gasteiger partial charge in [-0.3, -0.25) is 0 Å². The molecule has 4 nitrogen and oxygen atoms in total. The Balaban J connectivity index is 1.77. The van der Waals surface area contributed by atoms with E-state index in [1.165, 1.54) is 0 Å². The van der Waals surface area contributed by atoms with Crippen LogP contribution in [0.3, 0.4) is 0 Å². The van der Waals surface area contributed by atoms with Crippen LogP contribution in [0.15, 0.2) is 30.3 Å². The third kappa shape index (κ3) is 2.97. The molecule has 1 amide bonds. The Bertz CT molecular complexity index is 374. The van der Waals surface area contributed by atoms with Gasteiger partial charge in [-0.2, -0.15) is 0 Å². The van der Waals surface area contributed by atoms with E-state index in [4.69, 9.17) is 4.74 Å². The second kappa shape index (κ2) is 5.19. The quantitative estimate of drug-likeness (QED) is 0.868. The van der Waals surface area contributed by atoms with Crippen LogP contribution in [0.25, 0.3) is 0 Å². The summed E-state index contributed by atoms with van der Waals surface area (Å²) in [6, 6.07) is 9.70. The van der Waals surface area contributed by atoms with Gasteiger partial charge >= 0.3 is 6.09 Å². The Morgan fingerprint density at radius 1 is 1.41 bits per heavy atom. The van der Waals surface area contributed by atoms with Gasteiger partial charge in [-0.1, -0.05) is 30.3 Å². The van der Waals surface area contributed by atoms with Crippen molar-refractivity contribution >= 4 is 6.09 Å². The number of aliphatic hydroxyl groups excluding tert-OH is 1. The maximum Gasteiger partial charge on any atom is 0.410 e. The molecule has 0 unspecified atom stereocenters. The molecule has 0 radical (unpaired) electrons. The second-order valence-electron chi connectivity index (χ2n) is 4.43. The Morgan fingerprint density at radius 2 is 2.06 bits per heavy atom. The number of carbonyl (C=O) groups is 1. The van der Waals surface area contributed by atoms with Crippen LogP contribution in [0, 0.1) is 0 Å². The summed E-state index contributed by atoms with van der Waals surface area (Å²) in [7, 11) is 1.71. The topological polar surface area (TPSA) is 49.8 Å². The van der Waals surface area contributed by atoms with Crippen molar-refractivity contribution in [1.29, 1.82) is 0 Å². The molecular weight excluding hydrogens is 218 g/mol. The van der Waals surface area contributed by atoms with Gasteiger partial charge in [0, 0.05) is 13.1 Å². The normalized spacial score (nSPS) is 22.7. The minimum atomic E-state index is -0.328. The number of amides is 1. The van der Waals surface area contributed by atoms with Gasteiger partial charge in [0.15, 0.2) is 0 Å². The van der Waals surface area contributed by atoms with Crippen LogP contribution in [-0.2, 0) is 11.3 Å². The molecule has 2 rings (SSSR count). The molecule has 1 N–H and O–H groups in total. The molecule has 1 aliphatic rings. The van der Waals surface area contributed by atoms with E-state index in [1.54, 1.807) is 11.9 Å². The lowest BCUT2D eigenvalue weighted by molar-refractivity contribution is 0.00706. The minimum absolute atomic E-state index is 0.119. The number of benzene rings is 1. The fourth-order valence-corrected chi connectivity index (χ4v) is 1.85. The van der Waals surface area contributed by atoms with Gasteiger partial charge in [-0.05, 0) is 18.4 Å². The summed E-state index contributed by atoms with van der Waals surface area (Å²) >= 11 is 0. The first-order chi connectivity index (χ1) is 8.16. The van der Waals surface area contributed by atoms with Crippen LogP contribution in [0.2, 0.25) is 0 Å². The highest BCUT2D eigenvalue weighted by atomic mass is 16.6. The Morgan fingerprint density at radius 3 is 2.65 bits per heavy atom. The summed E-state index contributed by atoms with van der Waals surface area (Å²) in [5.74, 6) is 0. The molecule has 1 aliphatic carbocycles. The molecule has 1 saturated carbocycles. The molecule has 92 valence electrons. The third-order valence-corrected chi connectivity index (χ3v) is 3.13. The van der Waals surface area contributed by atoms with Gasteiger partial charge in [0.1, 0.15) is 6.61 Å². The summed E-state index contributed by atoms with van der Waals surface area (Å²) in [4.78, 5) is 13.2. The summed E-state index contributed by atoms with van der Waals surface area (Å²) in [5.41, 5.74) is 0.975. The van der Waals surface area contributed by atoms with E-state index >= 15 is 0 Å². The van der Waals surface area contributed by atoms with Crippen molar-refractivity contribution in [3.05, 3.63) is 35.9 Å². The van der Waals surface area contributed by atoms with Gasteiger partial charge in [0.05, 0.1) is 6.10 Å². The summed E-state index contributed by atoms with van der Waals surface area (Å²) < 4.78 is 5.19. The summed E-state index contributed by atoms with van der Waals surface area (Å²) in [6.45, 7) is 0.291. The predicted molar refractivity (Wildman–Crippen MR) is 63.4 cm³/mol. The zero-order chi connectivity index (χ0) is 12.3. The zero-order valence-electron chi connectivity index (χ0n) is 9.87.